The van der Waals surface area contributed by atoms with Crippen LogP contribution in [0, 0.1) is 6.92 Å². The van der Waals surface area contributed by atoms with Gasteiger partial charge in [0.2, 0.25) is 0 Å². The molecule has 0 saturated heterocycles. The van der Waals surface area contributed by atoms with Gasteiger partial charge in [0, 0.05) is 17.3 Å². The SMILES string of the molecule is CNC(Cc1nc2ccccc2s1)c1scnc1C. The van der Waals surface area contributed by atoms with E-state index in [4.69, 9.17) is 4.98 Å². The smallest absolute Gasteiger partial charge is 0.0957 e. The molecule has 3 rings (SSSR count). The minimum Gasteiger partial charge on any atom is -0.312 e. The second kappa shape index (κ2) is 5.36. The van der Waals surface area contributed by atoms with Crippen LogP contribution in [0.3, 0.4) is 0 Å². The summed E-state index contributed by atoms with van der Waals surface area (Å²) in [6, 6.07) is 8.60. The van der Waals surface area contributed by atoms with Gasteiger partial charge in [-0.25, -0.2) is 9.97 Å². The Bertz CT molecular complexity index is 654. The van der Waals surface area contributed by atoms with E-state index in [1.807, 2.05) is 18.6 Å². The second-order valence-electron chi connectivity index (χ2n) is 4.42. The molecule has 2 aromatic heterocycles. The Labute approximate surface area is 120 Å². The molecule has 0 amide bonds. The zero-order valence-corrected chi connectivity index (χ0v) is 12.5. The number of nitrogens with one attached hydrogen (secondary N) is 1. The Morgan fingerprint density at radius 2 is 2.16 bits per heavy atom. The standard InChI is InChI=1S/C14H15N3S2/c1-9-14(18-8-16-9)11(15-2)7-13-17-10-5-3-4-6-12(10)19-13/h3-6,8,11,15H,7H2,1-2H3. The number of nitrogens with zero attached hydrogens (tertiary/aromatic N) is 2. The molecule has 0 aliphatic heterocycles. The molecule has 0 radical (unpaired) electrons. The molecule has 98 valence electrons. The molecular formula is C14H15N3S2. The van der Waals surface area contributed by atoms with Gasteiger partial charge in [0.25, 0.3) is 0 Å². The van der Waals surface area contributed by atoms with Gasteiger partial charge in [0.1, 0.15) is 0 Å². The third-order valence-corrected chi connectivity index (χ3v) is 5.27. The van der Waals surface area contributed by atoms with Gasteiger partial charge in [-0.1, -0.05) is 12.1 Å². The number of rotatable bonds is 4. The Kier molecular flexibility index (Phi) is 3.59. The first kappa shape index (κ1) is 12.7. The van der Waals surface area contributed by atoms with E-state index in [2.05, 4.69) is 35.4 Å². The van der Waals surface area contributed by atoms with Gasteiger partial charge < -0.3 is 5.32 Å². The predicted octanol–water partition coefficient (Wildman–Crippen LogP) is 3.56. The highest BCUT2D eigenvalue weighted by Gasteiger charge is 2.17. The van der Waals surface area contributed by atoms with E-state index in [1.54, 1.807) is 22.7 Å². The van der Waals surface area contributed by atoms with E-state index in [0.29, 0.717) is 6.04 Å². The van der Waals surface area contributed by atoms with Crippen LogP contribution in [0.4, 0.5) is 0 Å². The van der Waals surface area contributed by atoms with Gasteiger partial charge in [-0.15, -0.1) is 22.7 Å². The van der Waals surface area contributed by atoms with Crippen molar-refractivity contribution in [2.24, 2.45) is 0 Å². The highest BCUT2D eigenvalue weighted by atomic mass is 32.1. The topological polar surface area (TPSA) is 37.8 Å². The zero-order chi connectivity index (χ0) is 13.2. The molecule has 1 unspecified atom stereocenters. The molecule has 2 heterocycles. The fraction of sp³-hybridized carbons (Fsp3) is 0.286. The molecule has 0 aliphatic carbocycles. The molecule has 0 fully saturated rings. The van der Waals surface area contributed by atoms with Crippen LogP contribution < -0.4 is 5.32 Å². The summed E-state index contributed by atoms with van der Waals surface area (Å²) in [5, 5.41) is 4.55. The van der Waals surface area contributed by atoms with Gasteiger partial charge in [0.05, 0.1) is 26.4 Å². The summed E-state index contributed by atoms with van der Waals surface area (Å²) >= 11 is 3.49. The Balaban J connectivity index is 1.88. The second-order valence-corrected chi connectivity index (χ2v) is 6.42. The Morgan fingerprint density at radius 1 is 1.32 bits per heavy atom. The average molecular weight is 289 g/mol. The van der Waals surface area contributed by atoms with Crippen molar-refractivity contribution in [1.29, 1.82) is 0 Å². The van der Waals surface area contributed by atoms with Crippen molar-refractivity contribution < 1.29 is 0 Å². The van der Waals surface area contributed by atoms with Crippen molar-refractivity contribution in [3.8, 4) is 0 Å². The highest BCUT2D eigenvalue weighted by Crippen LogP contribution is 2.28. The van der Waals surface area contributed by atoms with Crippen molar-refractivity contribution >= 4 is 32.9 Å². The van der Waals surface area contributed by atoms with Crippen LogP contribution in [-0.2, 0) is 6.42 Å². The third kappa shape index (κ3) is 2.54. The van der Waals surface area contributed by atoms with Crippen molar-refractivity contribution in [2.45, 2.75) is 19.4 Å². The molecule has 1 aromatic carbocycles. The third-order valence-electron chi connectivity index (χ3n) is 3.16. The number of benzene rings is 1. The van der Waals surface area contributed by atoms with Crippen LogP contribution in [0.5, 0.6) is 0 Å². The van der Waals surface area contributed by atoms with Gasteiger partial charge in [-0.3, -0.25) is 0 Å². The quantitative estimate of drug-likeness (QED) is 0.798. The largest absolute Gasteiger partial charge is 0.312 e. The van der Waals surface area contributed by atoms with Crippen molar-refractivity contribution in [2.75, 3.05) is 7.05 Å². The van der Waals surface area contributed by atoms with Gasteiger partial charge in [0.15, 0.2) is 0 Å². The van der Waals surface area contributed by atoms with E-state index >= 15 is 0 Å². The lowest BCUT2D eigenvalue weighted by atomic mass is 10.1. The fourth-order valence-corrected chi connectivity index (χ4v) is 4.08. The molecule has 1 N–H and O–H groups in total. The summed E-state index contributed by atoms with van der Waals surface area (Å²) in [6.45, 7) is 2.06. The Hall–Kier alpha value is -1.30. The highest BCUT2D eigenvalue weighted by molar-refractivity contribution is 7.18. The van der Waals surface area contributed by atoms with Crippen LogP contribution in [0.1, 0.15) is 21.6 Å². The lowest BCUT2D eigenvalue weighted by Crippen LogP contribution is -2.18. The Morgan fingerprint density at radius 3 is 2.84 bits per heavy atom. The van der Waals surface area contributed by atoms with Crippen LogP contribution in [0.15, 0.2) is 29.8 Å². The molecule has 0 saturated carbocycles. The molecule has 19 heavy (non-hydrogen) atoms. The molecule has 0 aliphatic rings. The number of aromatic nitrogens is 2. The zero-order valence-electron chi connectivity index (χ0n) is 10.9. The summed E-state index contributed by atoms with van der Waals surface area (Å²) in [5.41, 5.74) is 4.12. The summed E-state index contributed by atoms with van der Waals surface area (Å²) in [4.78, 5) is 10.3. The number of likely N-dealkylation sites (N-methyl/N-ethyl adjacent to an activating group) is 1. The maximum Gasteiger partial charge on any atom is 0.0957 e. The number of fused-ring (bicyclic) bond motifs is 1. The maximum atomic E-state index is 4.70. The molecule has 3 aromatic rings. The molecule has 0 spiro atoms. The van der Waals surface area contributed by atoms with Crippen LogP contribution >= 0.6 is 22.7 Å². The van der Waals surface area contributed by atoms with E-state index in [1.165, 1.54) is 14.6 Å². The fourth-order valence-electron chi connectivity index (χ4n) is 2.15. The molecular weight excluding hydrogens is 274 g/mol. The normalized spacial score (nSPS) is 12.9. The minimum atomic E-state index is 0.299. The summed E-state index contributed by atoms with van der Waals surface area (Å²) in [5.74, 6) is 0. The van der Waals surface area contributed by atoms with Gasteiger partial charge >= 0.3 is 0 Å². The van der Waals surface area contributed by atoms with Crippen LogP contribution in [-0.4, -0.2) is 17.0 Å². The number of aryl methyl sites for hydroxylation is 1. The summed E-state index contributed by atoms with van der Waals surface area (Å²) in [7, 11) is 2.00. The average Bonchev–Trinajstić information content (AvgIpc) is 3.01. The van der Waals surface area contributed by atoms with E-state index in [9.17, 15) is 0 Å². The van der Waals surface area contributed by atoms with E-state index in [0.717, 1.165) is 17.6 Å². The number of hydrogen-bond donors (Lipinski definition) is 1. The monoisotopic (exact) mass is 289 g/mol. The molecule has 0 bridgehead atoms. The summed E-state index contributed by atoms with van der Waals surface area (Å²) in [6.07, 6.45) is 0.916. The first-order chi connectivity index (χ1) is 9.28. The van der Waals surface area contributed by atoms with Crippen LogP contribution in [0.25, 0.3) is 10.2 Å². The lowest BCUT2D eigenvalue weighted by molar-refractivity contribution is 0.596. The van der Waals surface area contributed by atoms with Gasteiger partial charge in [-0.2, -0.15) is 0 Å². The van der Waals surface area contributed by atoms with Gasteiger partial charge in [-0.05, 0) is 26.1 Å². The van der Waals surface area contributed by atoms with Crippen molar-refractivity contribution in [3.63, 3.8) is 0 Å². The molecule has 5 heteroatoms. The molecule has 3 nitrogen and oxygen atoms in total. The number of thiazole rings is 2. The first-order valence-corrected chi connectivity index (χ1v) is 7.89. The predicted molar refractivity (Wildman–Crippen MR) is 82.0 cm³/mol. The van der Waals surface area contributed by atoms with Crippen LogP contribution in [0.2, 0.25) is 0 Å². The maximum absolute atomic E-state index is 4.70. The summed E-state index contributed by atoms with van der Waals surface area (Å²) < 4.78 is 1.26. The first-order valence-electron chi connectivity index (χ1n) is 6.19. The minimum absolute atomic E-state index is 0.299. The van der Waals surface area contributed by atoms with E-state index in [-0.39, 0.29) is 0 Å². The van der Waals surface area contributed by atoms with Crippen molar-refractivity contribution in [1.82, 2.24) is 15.3 Å². The van der Waals surface area contributed by atoms with E-state index < -0.39 is 0 Å². The van der Waals surface area contributed by atoms with Crippen molar-refractivity contribution in [3.05, 3.63) is 45.4 Å². The number of para-hydroxylation sites is 1. The number of hydrogen-bond acceptors (Lipinski definition) is 5. The molecule has 1 atom stereocenters. The lowest BCUT2D eigenvalue weighted by Gasteiger charge is -2.13.